The van der Waals surface area contributed by atoms with Gasteiger partial charge in [0.15, 0.2) is 0 Å². The Morgan fingerprint density at radius 1 is 1.08 bits per heavy atom. The molecule has 2 aromatic carbocycles. The summed E-state index contributed by atoms with van der Waals surface area (Å²) in [5.41, 5.74) is 2.32. The van der Waals surface area contributed by atoms with Gasteiger partial charge in [0.25, 0.3) is 0 Å². The van der Waals surface area contributed by atoms with E-state index in [1.165, 1.54) is 23.3 Å². The van der Waals surface area contributed by atoms with Crippen LogP contribution in [0.25, 0.3) is 0 Å². The summed E-state index contributed by atoms with van der Waals surface area (Å²) in [7, 11) is 0. The minimum absolute atomic E-state index is 0.550. The molecule has 2 aromatic rings. The Balaban J connectivity index is 1.63. The highest BCUT2D eigenvalue weighted by molar-refractivity contribution is 8.15. The molecule has 4 rings (SSSR count). The van der Waals surface area contributed by atoms with E-state index in [0.717, 1.165) is 28.1 Å². The van der Waals surface area contributed by atoms with Crippen LogP contribution in [0, 0.1) is 5.92 Å². The Labute approximate surface area is 168 Å². The molecular weight excluding hydrogens is 378 g/mol. The Morgan fingerprint density at radius 2 is 1.88 bits per heavy atom. The molecule has 1 nitrogen and oxygen atoms in total. The average molecular weight is 398 g/mol. The molecule has 2 aliphatic rings. The van der Waals surface area contributed by atoms with Crippen LogP contribution >= 0.6 is 35.1 Å². The van der Waals surface area contributed by atoms with Crippen molar-refractivity contribution in [2.75, 3.05) is 0 Å². The number of nitrogens with zero attached hydrogens (tertiary/aromatic N) is 1. The lowest BCUT2D eigenvalue weighted by molar-refractivity contribution is 0.489. The van der Waals surface area contributed by atoms with Crippen LogP contribution in [0.2, 0.25) is 5.02 Å². The SMILES string of the molecule is Clc1ccc(N=C2SC3C=CCCC3CC2=CSc2ccccc2)cc1. The first-order valence-electron chi connectivity index (χ1n) is 8.86. The number of allylic oxidation sites excluding steroid dienone is 1. The number of hydrogen-bond acceptors (Lipinski definition) is 3. The van der Waals surface area contributed by atoms with Gasteiger partial charge in [0.2, 0.25) is 0 Å². The first-order chi connectivity index (χ1) is 12.8. The van der Waals surface area contributed by atoms with Crippen molar-refractivity contribution in [2.24, 2.45) is 10.9 Å². The minimum Gasteiger partial charge on any atom is -0.242 e. The summed E-state index contributed by atoms with van der Waals surface area (Å²) in [4.78, 5) is 6.21. The number of aliphatic imine (C=N–C) groups is 1. The number of halogens is 1. The molecule has 4 heteroatoms. The smallest absolute Gasteiger partial charge is 0.101 e. The Hall–Kier alpha value is -1.42. The molecule has 1 saturated heterocycles. The highest BCUT2D eigenvalue weighted by Crippen LogP contribution is 2.43. The van der Waals surface area contributed by atoms with Crippen molar-refractivity contribution in [1.82, 2.24) is 0 Å². The van der Waals surface area contributed by atoms with Crippen LogP contribution in [-0.2, 0) is 0 Å². The van der Waals surface area contributed by atoms with Gasteiger partial charge in [-0.15, -0.1) is 0 Å². The summed E-state index contributed by atoms with van der Waals surface area (Å²) < 4.78 is 0. The van der Waals surface area contributed by atoms with Crippen molar-refractivity contribution in [3.63, 3.8) is 0 Å². The number of rotatable bonds is 3. The third kappa shape index (κ3) is 4.46. The van der Waals surface area contributed by atoms with Gasteiger partial charge in [-0.1, -0.05) is 65.5 Å². The van der Waals surface area contributed by atoms with Crippen LogP contribution in [0.4, 0.5) is 5.69 Å². The molecule has 0 radical (unpaired) electrons. The number of fused-ring (bicyclic) bond motifs is 1. The van der Waals surface area contributed by atoms with Gasteiger partial charge in [0.05, 0.1) is 5.69 Å². The minimum atomic E-state index is 0.550. The maximum Gasteiger partial charge on any atom is 0.101 e. The van der Waals surface area contributed by atoms with E-state index < -0.39 is 0 Å². The van der Waals surface area contributed by atoms with Crippen LogP contribution in [-0.4, -0.2) is 10.3 Å². The molecule has 1 fully saturated rings. The maximum atomic E-state index is 6.01. The predicted octanol–water partition coefficient (Wildman–Crippen LogP) is 7.52. The molecule has 0 saturated carbocycles. The fourth-order valence-electron chi connectivity index (χ4n) is 3.26. The van der Waals surface area contributed by atoms with Crippen molar-refractivity contribution < 1.29 is 0 Å². The lowest BCUT2D eigenvalue weighted by Crippen LogP contribution is -2.26. The van der Waals surface area contributed by atoms with E-state index in [1.807, 2.05) is 36.0 Å². The molecule has 1 heterocycles. The van der Waals surface area contributed by atoms with E-state index in [2.05, 4.69) is 47.9 Å². The molecule has 26 heavy (non-hydrogen) atoms. The van der Waals surface area contributed by atoms with Crippen LogP contribution in [0.3, 0.4) is 0 Å². The molecule has 1 aliphatic heterocycles. The van der Waals surface area contributed by atoms with Crippen LogP contribution in [0.15, 0.2) is 87.6 Å². The molecular formula is C22H20ClNS2. The second-order valence-corrected chi connectivity index (χ2v) is 9.07. The van der Waals surface area contributed by atoms with Gasteiger partial charge in [-0.2, -0.15) is 0 Å². The van der Waals surface area contributed by atoms with E-state index in [0.29, 0.717) is 5.25 Å². The van der Waals surface area contributed by atoms with Crippen molar-refractivity contribution >= 4 is 45.9 Å². The Kier molecular flexibility index (Phi) is 5.88. The maximum absolute atomic E-state index is 6.01. The predicted molar refractivity (Wildman–Crippen MR) is 117 cm³/mol. The van der Waals surface area contributed by atoms with Gasteiger partial charge in [-0.3, -0.25) is 0 Å². The normalized spacial score (nSPS) is 25.4. The highest BCUT2D eigenvalue weighted by Gasteiger charge is 2.31. The first kappa shape index (κ1) is 18.0. The van der Waals surface area contributed by atoms with Gasteiger partial charge >= 0.3 is 0 Å². The van der Waals surface area contributed by atoms with Crippen LogP contribution in [0.5, 0.6) is 0 Å². The average Bonchev–Trinajstić information content (AvgIpc) is 2.69. The summed E-state index contributed by atoms with van der Waals surface area (Å²) in [5, 5.41) is 4.74. The summed E-state index contributed by atoms with van der Waals surface area (Å²) in [6.45, 7) is 0. The number of thioether (sulfide) groups is 2. The van der Waals surface area contributed by atoms with Crippen LogP contribution in [0.1, 0.15) is 19.3 Å². The van der Waals surface area contributed by atoms with Gasteiger partial charge in [0, 0.05) is 15.2 Å². The van der Waals surface area contributed by atoms with E-state index in [1.54, 1.807) is 11.8 Å². The van der Waals surface area contributed by atoms with Gasteiger partial charge in [-0.05, 0) is 72.6 Å². The topological polar surface area (TPSA) is 12.4 Å². The largest absolute Gasteiger partial charge is 0.242 e. The monoisotopic (exact) mass is 397 g/mol. The third-order valence-corrected chi connectivity index (χ3v) is 7.23. The zero-order valence-electron chi connectivity index (χ0n) is 14.3. The highest BCUT2D eigenvalue weighted by atomic mass is 35.5. The molecule has 2 atom stereocenters. The summed E-state index contributed by atoms with van der Waals surface area (Å²) in [6, 6.07) is 18.3. The van der Waals surface area contributed by atoms with Crippen molar-refractivity contribution in [2.45, 2.75) is 29.4 Å². The fraction of sp³-hybridized carbons (Fsp3) is 0.227. The van der Waals surface area contributed by atoms with Crippen molar-refractivity contribution in [3.05, 3.63) is 82.8 Å². The second-order valence-electron chi connectivity index (χ2n) is 6.52. The first-order valence-corrected chi connectivity index (χ1v) is 11.0. The lowest BCUT2D eigenvalue weighted by atomic mass is 9.88. The molecule has 0 aromatic heterocycles. The second kappa shape index (κ2) is 8.51. The van der Waals surface area contributed by atoms with Crippen molar-refractivity contribution in [1.29, 1.82) is 0 Å². The molecule has 0 bridgehead atoms. The van der Waals surface area contributed by atoms with Gasteiger partial charge < -0.3 is 0 Å². The van der Waals surface area contributed by atoms with E-state index in [-0.39, 0.29) is 0 Å². The lowest BCUT2D eigenvalue weighted by Gasteiger charge is -2.33. The molecule has 132 valence electrons. The Morgan fingerprint density at radius 3 is 2.69 bits per heavy atom. The molecule has 0 spiro atoms. The fourth-order valence-corrected chi connectivity index (χ4v) is 5.58. The van der Waals surface area contributed by atoms with Gasteiger partial charge in [-0.25, -0.2) is 4.99 Å². The standard InChI is InChI=1S/C22H20ClNS2/c23-18-10-12-19(13-11-18)24-22-17(15-25-20-7-2-1-3-8-20)14-16-6-4-5-9-21(16)26-22/h1-3,5,7-13,15-16,21H,4,6,14H2. The quantitative estimate of drug-likeness (QED) is 0.392. The number of benzene rings is 2. The number of hydrogen-bond donors (Lipinski definition) is 0. The summed E-state index contributed by atoms with van der Waals surface area (Å²) in [6.07, 6.45) is 8.27. The molecule has 1 aliphatic carbocycles. The van der Waals surface area contributed by atoms with E-state index >= 15 is 0 Å². The summed E-state index contributed by atoms with van der Waals surface area (Å²) in [5.74, 6) is 0.719. The molecule has 2 unspecified atom stereocenters. The van der Waals surface area contributed by atoms with E-state index in [9.17, 15) is 0 Å². The van der Waals surface area contributed by atoms with Crippen LogP contribution < -0.4 is 0 Å². The van der Waals surface area contributed by atoms with E-state index in [4.69, 9.17) is 16.6 Å². The summed E-state index contributed by atoms with van der Waals surface area (Å²) >= 11 is 9.71. The zero-order valence-corrected chi connectivity index (χ0v) is 16.7. The Bertz CT molecular complexity index is 840. The third-order valence-electron chi connectivity index (χ3n) is 4.64. The zero-order chi connectivity index (χ0) is 17.8. The molecule has 0 N–H and O–H groups in total. The molecule has 0 amide bonds. The van der Waals surface area contributed by atoms with Crippen molar-refractivity contribution in [3.8, 4) is 0 Å². The van der Waals surface area contributed by atoms with Gasteiger partial charge in [0.1, 0.15) is 5.04 Å².